The minimum atomic E-state index is -2.99. The van der Waals surface area contributed by atoms with Crippen LogP contribution in [0.25, 0.3) is 22.4 Å². The van der Waals surface area contributed by atoms with Crippen LogP contribution in [0.2, 0.25) is 0 Å². The van der Waals surface area contributed by atoms with Gasteiger partial charge in [0, 0.05) is 24.1 Å². The largest absolute Gasteiger partial charge is 0.490 e. The lowest BCUT2D eigenvalue weighted by Crippen LogP contribution is -2.28. The summed E-state index contributed by atoms with van der Waals surface area (Å²) in [5.74, 6) is 1.42. The molecule has 0 saturated heterocycles. The molecule has 1 N–H and O–H groups in total. The number of halogens is 2. The third-order valence-electron chi connectivity index (χ3n) is 6.08. The van der Waals surface area contributed by atoms with Crippen LogP contribution in [0.4, 0.5) is 8.78 Å². The van der Waals surface area contributed by atoms with E-state index >= 15 is 0 Å². The molecule has 0 spiro atoms. The number of alkyl halides is 2. The molecule has 0 saturated carbocycles. The molecule has 3 heterocycles. The Morgan fingerprint density at radius 1 is 1.09 bits per heavy atom. The molecular formula is C26H23F2N3O4. The van der Waals surface area contributed by atoms with Crippen molar-refractivity contribution in [3.63, 3.8) is 0 Å². The summed E-state index contributed by atoms with van der Waals surface area (Å²) >= 11 is 0. The molecule has 2 aliphatic rings. The van der Waals surface area contributed by atoms with Crippen molar-refractivity contribution in [3.8, 4) is 51.5 Å². The predicted octanol–water partition coefficient (Wildman–Crippen LogP) is 4.89. The Balaban J connectivity index is 1.68. The van der Waals surface area contributed by atoms with Gasteiger partial charge in [-0.05, 0) is 54.8 Å². The Morgan fingerprint density at radius 3 is 2.57 bits per heavy atom. The fourth-order valence-corrected chi connectivity index (χ4v) is 4.53. The maximum Gasteiger partial charge on any atom is 0.387 e. The third kappa shape index (κ3) is 4.16. The van der Waals surface area contributed by atoms with Crippen molar-refractivity contribution in [2.45, 2.75) is 32.9 Å². The van der Waals surface area contributed by atoms with Gasteiger partial charge >= 0.3 is 6.61 Å². The van der Waals surface area contributed by atoms with E-state index in [-0.39, 0.29) is 29.2 Å². The van der Waals surface area contributed by atoms with E-state index in [2.05, 4.69) is 10.8 Å². The van der Waals surface area contributed by atoms with Gasteiger partial charge in [-0.25, -0.2) is 0 Å². The zero-order chi connectivity index (χ0) is 24.5. The Morgan fingerprint density at radius 2 is 1.86 bits per heavy atom. The zero-order valence-electron chi connectivity index (χ0n) is 19.1. The van der Waals surface area contributed by atoms with Crippen LogP contribution in [0, 0.1) is 16.7 Å². The topological polar surface area (TPSA) is 89.5 Å². The van der Waals surface area contributed by atoms with Crippen LogP contribution in [0.1, 0.15) is 24.5 Å². The van der Waals surface area contributed by atoms with Crippen molar-refractivity contribution in [2.24, 2.45) is 0 Å². The molecule has 0 radical (unpaired) electrons. The van der Waals surface area contributed by atoms with Crippen LogP contribution in [0.15, 0.2) is 36.4 Å². The minimum absolute atomic E-state index is 0.0867. The smallest absolute Gasteiger partial charge is 0.387 e. The summed E-state index contributed by atoms with van der Waals surface area (Å²) in [6, 6.07) is 12.5. The molecule has 3 aromatic rings. The first-order chi connectivity index (χ1) is 17.0. The molecule has 35 heavy (non-hydrogen) atoms. The molecule has 0 aliphatic carbocycles. The van der Waals surface area contributed by atoms with Gasteiger partial charge in [0.15, 0.2) is 23.0 Å². The molecule has 180 valence electrons. The summed E-state index contributed by atoms with van der Waals surface area (Å²) in [5, 5.41) is 18.7. The van der Waals surface area contributed by atoms with Gasteiger partial charge in [0.1, 0.15) is 17.1 Å². The number of nitriles is 1. The van der Waals surface area contributed by atoms with E-state index in [1.54, 1.807) is 19.1 Å². The monoisotopic (exact) mass is 479 g/mol. The molecule has 0 amide bonds. The van der Waals surface area contributed by atoms with Crippen LogP contribution in [-0.4, -0.2) is 31.0 Å². The maximum absolute atomic E-state index is 12.8. The molecule has 0 atom stereocenters. The number of ether oxygens (including phenoxy) is 4. The molecule has 2 aliphatic heterocycles. The summed E-state index contributed by atoms with van der Waals surface area (Å²) in [6.07, 6.45) is 1.48. The molecule has 9 heteroatoms. The number of pyridine rings is 1. The third-order valence-corrected chi connectivity index (χ3v) is 6.08. The lowest BCUT2D eigenvalue weighted by atomic mass is 9.92. The van der Waals surface area contributed by atoms with E-state index in [1.807, 2.05) is 22.8 Å². The van der Waals surface area contributed by atoms with Gasteiger partial charge in [0.05, 0.1) is 25.5 Å². The van der Waals surface area contributed by atoms with E-state index in [1.165, 1.54) is 6.07 Å². The van der Waals surface area contributed by atoms with Crippen LogP contribution < -0.4 is 24.4 Å². The number of rotatable bonds is 5. The van der Waals surface area contributed by atoms with Gasteiger partial charge in [0.25, 0.3) is 0 Å². The summed E-state index contributed by atoms with van der Waals surface area (Å²) < 4.78 is 49.3. The fraction of sp³-hybridized carbons (Fsp3) is 0.308. The number of hydrogen-bond donors (Lipinski definition) is 1. The number of fused-ring (bicyclic) bond motifs is 4. The molecular weight excluding hydrogens is 456 g/mol. The van der Waals surface area contributed by atoms with Crippen molar-refractivity contribution >= 4 is 0 Å². The van der Waals surface area contributed by atoms with E-state index in [0.717, 1.165) is 23.2 Å². The first kappa shape index (κ1) is 22.7. The number of benzene rings is 2. The molecule has 0 unspecified atom stereocenters. The standard InChI is InChI=1S/C26H23F2N3O4/c1-2-32-22-10-15(4-5-21(22)35-26(27)28)17-12-20-18-13-24-23(33-8-3-9-34-24)11-16(18)6-7-31(20)25(30)19(17)14-29/h4-5,10-13,26,30H,2-3,6-9H2,1H3. The van der Waals surface area contributed by atoms with Crippen molar-refractivity contribution in [1.29, 1.82) is 10.7 Å². The maximum atomic E-state index is 12.8. The number of hydrogen-bond acceptors (Lipinski definition) is 6. The van der Waals surface area contributed by atoms with E-state index in [9.17, 15) is 14.0 Å². The lowest BCUT2D eigenvalue weighted by Gasteiger charge is -2.25. The minimum Gasteiger partial charge on any atom is -0.490 e. The first-order valence-electron chi connectivity index (χ1n) is 11.4. The summed E-state index contributed by atoms with van der Waals surface area (Å²) in [4.78, 5) is 0. The number of aromatic nitrogens is 1. The van der Waals surface area contributed by atoms with Gasteiger partial charge in [-0.15, -0.1) is 0 Å². The highest BCUT2D eigenvalue weighted by atomic mass is 19.3. The summed E-state index contributed by atoms with van der Waals surface area (Å²) in [5.41, 5.74) is 4.09. The first-order valence-corrected chi connectivity index (χ1v) is 11.4. The van der Waals surface area contributed by atoms with Crippen LogP contribution in [0.3, 0.4) is 0 Å². The lowest BCUT2D eigenvalue weighted by molar-refractivity contribution is -0.0514. The highest BCUT2D eigenvalue weighted by Gasteiger charge is 2.24. The fourth-order valence-electron chi connectivity index (χ4n) is 4.53. The SMILES string of the molecule is CCOc1cc(-c2cc3n(c(=N)c2C#N)CCc2cc4c(cc2-3)OCCCO4)ccc1OC(F)F. The van der Waals surface area contributed by atoms with Gasteiger partial charge in [0.2, 0.25) is 0 Å². The Labute approximate surface area is 200 Å². The number of nitrogens with zero attached hydrogens (tertiary/aromatic N) is 2. The second-order valence-corrected chi connectivity index (χ2v) is 8.16. The van der Waals surface area contributed by atoms with Crippen LogP contribution >= 0.6 is 0 Å². The van der Waals surface area contributed by atoms with Gasteiger partial charge in [-0.1, -0.05) is 6.07 Å². The van der Waals surface area contributed by atoms with Crippen molar-refractivity contribution in [2.75, 3.05) is 19.8 Å². The highest BCUT2D eigenvalue weighted by Crippen LogP contribution is 2.41. The van der Waals surface area contributed by atoms with Crippen LogP contribution in [0.5, 0.6) is 23.0 Å². The Bertz CT molecular complexity index is 1390. The van der Waals surface area contributed by atoms with Gasteiger partial charge in [-0.2, -0.15) is 14.0 Å². The molecule has 0 fully saturated rings. The molecule has 1 aromatic heterocycles. The van der Waals surface area contributed by atoms with Crippen molar-refractivity contribution in [3.05, 3.63) is 53.0 Å². The van der Waals surface area contributed by atoms with Crippen LogP contribution in [-0.2, 0) is 13.0 Å². The number of aryl methyl sites for hydroxylation is 1. The second-order valence-electron chi connectivity index (χ2n) is 8.16. The average molecular weight is 479 g/mol. The Kier molecular flexibility index (Phi) is 6.03. The number of nitrogens with one attached hydrogen (secondary N) is 1. The normalized spacial score (nSPS) is 13.9. The molecule has 0 bridgehead atoms. The van der Waals surface area contributed by atoms with Crippen molar-refractivity contribution in [1.82, 2.24) is 4.57 Å². The quantitative estimate of drug-likeness (QED) is 0.563. The van der Waals surface area contributed by atoms with E-state index in [4.69, 9.17) is 19.6 Å². The molecule has 2 aromatic carbocycles. The Hall–Kier alpha value is -4.06. The summed E-state index contributed by atoms with van der Waals surface area (Å²) in [6.45, 7) is 0.688. The van der Waals surface area contributed by atoms with E-state index < -0.39 is 6.61 Å². The predicted molar refractivity (Wildman–Crippen MR) is 123 cm³/mol. The zero-order valence-corrected chi connectivity index (χ0v) is 19.1. The highest BCUT2D eigenvalue weighted by molar-refractivity contribution is 5.79. The van der Waals surface area contributed by atoms with Crippen molar-refractivity contribution < 1.29 is 27.7 Å². The molecule has 5 rings (SSSR count). The average Bonchev–Trinajstić information content (AvgIpc) is 3.08. The second kappa shape index (κ2) is 9.29. The molecule has 7 nitrogen and oxygen atoms in total. The van der Waals surface area contributed by atoms with E-state index in [0.29, 0.717) is 48.8 Å². The summed E-state index contributed by atoms with van der Waals surface area (Å²) in [7, 11) is 0. The van der Waals surface area contributed by atoms with Gasteiger partial charge in [-0.3, -0.25) is 5.41 Å². The van der Waals surface area contributed by atoms with Gasteiger partial charge < -0.3 is 23.5 Å².